The van der Waals surface area contributed by atoms with Crippen molar-refractivity contribution >= 4 is 51.6 Å². The Morgan fingerprint density at radius 2 is 1.75 bits per heavy atom. The molecule has 0 aliphatic heterocycles. The summed E-state index contributed by atoms with van der Waals surface area (Å²) in [6, 6.07) is 20.8. The Hall–Kier alpha value is -4.13. The largest absolute Gasteiger partial charge is 0.493 e. The van der Waals surface area contributed by atoms with Crippen LogP contribution in [0.4, 0.5) is 0 Å². The molecule has 1 N–H and O–H groups in total. The Morgan fingerprint density at radius 3 is 2.48 bits per heavy atom. The summed E-state index contributed by atoms with van der Waals surface area (Å²) in [5.41, 5.74) is 3.61. The molecule has 0 fully saturated rings. The number of nitrogens with one attached hydrogen (secondary N) is 1. The van der Waals surface area contributed by atoms with Crippen LogP contribution in [0.2, 0.25) is 0 Å². The molecule has 2 heterocycles. The number of rotatable bonds is 12. The summed E-state index contributed by atoms with van der Waals surface area (Å²) in [4.78, 5) is 31.9. The van der Waals surface area contributed by atoms with Crippen molar-refractivity contribution in [1.82, 2.24) is 19.4 Å². The number of amides is 1. The van der Waals surface area contributed by atoms with Crippen LogP contribution in [0.25, 0.3) is 21.7 Å². The van der Waals surface area contributed by atoms with Crippen LogP contribution in [0.3, 0.4) is 0 Å². The Labute approximate surface area is 268 Å². The fourth-order valence-electron chi connectivity index (χ4n) is 4.65. The van der Waals surface area contributed by atoms with Gasteiger partial charge in [0, 0.05) is 6.54 Å². The maximum atomic E-state index is 14.0. The van der Waals surface area contributed by atoms with Crippen LogP contribution >= 0.6 is 35.3 Å². The maximum absolute atomic E-state index is 14.0. The summed E-state index contributed by atoms with van der Waals surface area (Å²) in [5, 5.41) is 3.35. The molecule has 9 nitrogen and oxygen atoms in total. The number of thioether (sulfide) groups is 1. The second-order valence-corrected chi connectivity index (χ2v) is 12.3. The van der Waals surface area contributed by atoms with Crippen molar-refractivity contribution in [2.45, 2.75) is 25.4 Å². The number of ether oxygens (including phenoxy) is 3. The highest BCUT2D eigenvalue weighted by atomic mass is 32.2. The highest BCUT2D eigenvalue weighted by Gasteiger charge is 2.21. The van der Waals surface area contributed by atoms with E-state index in [0.717, 1.165) is 11.1 Å². The first-order valence-electron chi connectivity index (χ1n) is 13.9. The van der Waals surface area contributed by atoms with Gasteiger partial charge < -0.3 is 19.5 Å². The number of hydrogen-bond donors (Lipinski definition) is 1. The number of nitrogens with zero attached hydrogens (tertiary/aromatic N) is 3. The van der Waals surface area contributed by atoms with Crippen molar-refractivity contribution in [3.8, 4) is 28.6 Å². The predicted molar refractivity (Wildman–Crippen MR) is 178 cm³/mol. The van der Waals surface area contributed by atoms with Gasteiger partial charge in [-0.1, -0.05) is 59.0 Å². The lowest BCUT2D eigenvalue weighted by atomic mass is 10.1. The lowest BCUT2D eigenvalue weighted by Crippen LogP contribution is -2.28. The molecule has 0 atom stereocenters. The van der Waals surface area contributed by atoms with E-state index >= 15 is 0 Å². The number of carbonyl (C=O) groups excluding carboxylic acids is 1. The zero-order valence-corrected chi connectivity index (χ0v) is 27.2. The molecule has 0 aliphatic carbocycles. The monoisotopic (exact) mass is 648 g/mol. The summed E-state index contributed by atoms with van der Waals surface area (Å²) in [6.07, 6.45) is 0.616. The molecule has 0 unspecified atom stereocenters. The van der Waals surface area contributed by atoms with Crippen molar-refractivity contribution in [3.05, 3.63) is 92.2 Å². The molecule has 0 radical (unpaired) electrons. The zero-order valence-electron chi connectivity index (χ0n) is 24.8. The minimum atomic E-state index is -0.251. The van der Waals surface area contributed by atoms with E-state index < -0.39 is 0 Å². The molecule has 228 valence electrons. The molecular formula is C32H32N4O5S3. The highest BCUT2D eigenvalue weighted by Crippen LogP contribution is 2.31. The first-order valence-corrected chi connectivity index (χ1v) is 16.1. The van der Waals surface area contributed by atoms with E-state index in [1.54, 1.807) is 23.4 Å². The lowest BCUT2D eigenvalue weighted by molar-refractivity contribution is -0.118. The van der Waals surface area contributed by atoms with Crippen molar-refractivity contribution in [2.24, 2.45) is 0 Å². The second kappa shape index (κ2) is 14.1. The van der Waals surface area contributed by atoms with Gasteiger partial charge in [0.1, 0.15) is 10.4 Å². The van der Waals surface area contributed by atoms with Crippen molar-refractivity contribution < 1.29 is 19.0 Å². The van der Waals surface area contributed by atoms with Crippen LogP contribution in [0.5, 0.6) is 17.2 Å². The molecule has 0 aliphatic rings. The fraction of sp³-hybridized carbons (Fsp3) is 0.250. The molecule has 44 heavy (non-hydrogen) atoms. The summed E-state index contributed by atoms with van der Waals surface area (Å²) in [6.45, 7) is 4.80. The quantitative estimate of drug-likeness (QED) is 0.0979. The van der Waals surface area contributed by atoms with Crippen LogP contribution in [0.1, 0.15) is 18.1 Å². The summed E-state index contributed by atoms with van der Waals surface area (Å²) < 4.78 is 20.8. The second-order valence-electron chi connectivity index (χ2n) is 9.71. The van der Waals surface area contributed by atoms with E-state index in [-0.39, 0.29) is 17.2 Å². The van der Waals surface area contributed by atoms with Gasteiger partial charge in [0.15, 0.2) is 26.3 Å². The summed E-state index contributed by atoms with van der Waals surface area (Å²) in [5.74, 6) is 1.81. The van der Waals surface area contributed by atoms with Crippen molar-refractivity contribution in [2.75, 3.05) is 33.1 Å². The Kier molecular flexibility index (Phi) is 10.0. The van der Waals surface area contributed by atoms with Gasteiger partial charge in [-0.05, 0) is 74.4 Å². The van der Waals surface area contributed by atoms with Crippen molar-refractivity contribution in [1.29, 1.82) is 0 Å². The number of carbonyl (C=O) groups is 1. The lowest BCUT2D eigenvalue weighted by Gasteiger charge is -2.14. The van der Waals surface area contributed by atoms with Gasteiger partial charge in [-0.2, -0.15) is 0 Å². The predicted octanol–water partition coefficient (Wildman–Crippen LogP) is 6.14. The third-order valence-corrected chi connectivity index (χ3v) is 9.08. The number of hydrogen-bond acceptors (Lipinski definition) is 9. The maximum Gasteiger partial charge on any atom is 0.278 e. The zero-order chi connectivity index (χ0) is 31.2. The SMILES string of the molecule is CCOc1ccccc1-n1c(=S)sc2c(=O)n(-c3ccc(C)cc3)c(SCC(=O)NCCc3ccc(OC)c(OC)c3)nc21. The molecular weight excluding hydrogens is 617 g/mol. The number of methoxy groups -OCH3 is 2. The number of benzene rings is 3. The van der Waals surface area contributed by atoms with Crippen LogP contribution < -0.4 is 25.1 Å². The number of thiazole rings is 1. The van der Waals surface area contributed by atoms with Crippen molar-refractivity contribution in [3.63, 3.8) is 0 Å². The van der Waals surface area contributed by atoms with E-state index in [0.29, 0.717) is 67.7 Å². The molecule has 5 rings (SSSR count). The van der Waals surface area contributed by atoms with E-state index in [4.69, 9.17) is 31.4 Å². The van der Waals surface area contributed by atoms with Gasteiger partial charge >= 0.3 is 0 Å². The van der Waals surface area contributed by atoms with Gasteiger partial charge in [-0.3, -0.25) is 18.7 Å². The standard InChI is InChI=1S/C32H32N4O5S3/c1-5-41-24-9-7-6-8-23(24)36-29-28(44-32(36)42)30(38)35(22-13-10-20(2)11-14-22)31(34-29)43-19-27(37)33-17-16-21-12-15-25(39-3)26(18-21)40-4/h6-15,18H,5,16-17,19H2,1-4H3,(H,33,37). The molecule has 0 bridgehead atoms. The van der Waals surface area contributed by atoms with Gasteiger partial charge in [0.2, 0.25) is 5.91 Å². The first kappa shape index (κ1) is 31.3. The van der Waals surface area contributed by atoms with Crippen LogP contribution in [0, 0.1) is 10.9 Å². The normalized spacial score (nSPS) is 11.0. The average molecular weight is 649 g/mol. The van der Waals surface area contributed by atoms with Crippen LogP contribution in [-0.2, 0) is 11.2 Å². The Balaban J connectivity index is 1.45. The van der Waals surface area contributed by atoms with Crippen LogP contribution in [-0.4, -0.2) is 53.1 Å². The molecule has 1 amide bonds. The highest BCUT2D eigenvalue weighted by molar-refractivity contribution is 7.99. The molecule has 12 heteroatoms. The van der Waals surface area contributed by atoms with E-state index in [2.05, 4.69) is 5.32 Å². The van der Waals surface area contributed by atoms with Gasteiger partial charge in [-0.25, -0.2) is 4.98 Å². The van der Waals surface area contributed by atoms with E-state index in [1.165, 1.54) is 23.1 Å². The molecule has 0 saturated heterocycles. The first-order chi connectivity index (χ1) is 21.3. The minimum absolute atomic E-state index is 0.0656. The third kappa shape index (κ3) is 6.67. The minimum Gasteiger partial charge on any atom is -0.493 e. The Bertz CT molecular complexity index is 1910. The van der Waals surface area contributed by atoms with Gasteiger partial charge in [-0.15, -0.1) is 0 Å². The van der Waals surface area contributed by atoms with Gasteiger partial charge in [0.05, 0.1) is 38.0 Å². The van der Waals surface area contributed by atoms with E-state index in [9.17, 15) is 9.59 Å². The van der Waals surface area contributed by atoms with Crippen LogP contribution in [0.15, 0.2) is 76.7 Å². The molecule has 2 aromatic heterocycles. The molecule has 0 spiro atoms. The summed E-state index contributed by atoms with van der Waals surface area (Å²) >= 11 is 8.14. The fourth-order valence-corrected chi connectivity index (χ4v) is 6.77. The number of fused-ring (bicyclic) bond motifs is 1. The molecule has 5 aromatic rings. The molecule has 3 aromatic carbocycles. The number of aromatic nitrogens is 3. The topological polar surface area (TPSA) is 96.6 Å². The summed E-state index contributed by atoms with van der Waals surface area (Å²) in [7, 11) is 3.18. The Morgan fingerprint density at radius 1 is 1.00 bits per heavy atom. The number of aryl methyl sites for hydroxylation is 1. The third-order valence-electron chi connectivity index (χ3n) is 6.79. The number of para-hydroxylation sites is 2. The van der Waals surface area contributed by atoms with E-state index in [1.807, 2.05) is 80.6 Å². The molecule has 0 saturated carbocycles. The smallest absolute Gasteiger partial charge is 0.278 e. The average Bonchev–Trinajstić information content (AvgIpc) is 3.36. The van der Waals surface area contributed by atoms with Gasteiger partial charge in [0.25, 0.3) is 5.56 Å².